The molecule has 0 saturated carbocycles. The summed E-state index contributed by atoms with van der Waals surface area (Å²) in [5.41, 5.74) is 6.55. The lowest BCUT2D eigenvalue weighted by atomic mass is 10.1. The molecular weight excluding hydrogens is 340 g/mol. The molecule has 2 aromatic carbocycles. The van der Waals surface area contributed by atoms with E-state index in [9.17, 15) is 0 Å². The number of benzene rings is 2. The summed E-state index contributed by atoms with van der Waals surface area (Å²) >= 11 is 24.0. The van der Waals surface area contributed by atoms with Crippen molar-refractivity contribution in [1.82, 2.24) is 0 Å². The van der Waals surface area contributed by atoms with Crippen molar-refractivity contribution in [3.05, 3.63) is 56.0 Å². The molecule has 0 aromatic heterocycles. The molecule has 0 fully saturated rings. The molecule has 0 aliphatic heterocycles. The van der Waals surface area contributed by atoms with Gasteiger partial charge >= 0.3 is 0 Å². The third-order valence-corrected chi connectivity index (χ3v) is 3.94. The van der Waals surface area contributed by atoms with Crippen molar-refractivity contribution in [2.75, 3.05) is 6.54 Å². The molecule has 2 rings (SSSR count). The van der Waals surface area contributed by atoms with E-state index in [4.69, 9.17) is 56.9 Å². The van der Waals surface area contributed by atoms with Gasteiger partial charge in [-0.1, -0.05) is 52.5 Å². The Balaban J connectivity index is 2.28. The van der Waals surface area contributed by atoms with Crippen LogP contribution in [0.5, 0.6) is 11.5 Å². The second-order valence-electron chi connectivity index (χ2n) is 4.10. The van der Waals surface area contributed by atoms with E-state index in [1.807, 2.05) is 12.1 Å². The first kappa shape index (κ1) is 15.7. The number of hydrogen-bond donors (Lipinski definition) is 1. The second kappa shape index (κ2) is 6.88. The number of nitrogens with two attached hydrogens (primary N) is 1. The highest BCUT2D eigenvalue weighted by molar-refractivity contribution is 6.43. The number of rotatable bonds is 4. The van der Waals surface area contributed by atoms with E-state index in [1.54, 1.807) is 12.1 Å². The predicted octanol–water partition coefficient (Wildman–Crippen LogP) is 5.59. The van der Waals surface area contributed by atoms with Crippen LogP contribution in [-0.4, -0.2) is 6.54 Å². The van der Waals surface area contributed by atoms with Crippen LogP contribution in [-0.2, 0) is 6.42 Å². The molecule has 20 heavy (non-hydrogen) atoms. The summed E-state index contributed by atoms with van der Waals surface area (Å²) in [5, 5.41) is 1.58. The van der Waals surface area contributed by atoms with Gasteiger partial charge in [-0.3, -0.25) is 0 Å². The van der Waals surface area contributed by atoms with Gasteiger partial charge in [0.2, 0.25) is 0 Å². The molecule has 0 aliphatic rings. The minimum Gasteiger partial charge on any atom is -0.454 e. The first-order valence-corrected chi connectivity index (χ1v) is 7.33. The molecule has 106 valence electrons. The quantitative estimate of drug-likeness (QED) is 0.729. The first-order valence-electron chi connectivity index (χ1n) is 5.82. The molecule has 0 atom stereocenters. The van der Waals surface area contributed by atoms with E-state index < -0.39 is 0 Å². The Morgan fingerprint density at radius 2 is 1.45 bits per heavy atom. The molecule has 6 heteroatoms. The standard InChI is InChI=1S/C14H11Cl4NO/c15-9-6-12(18)14(7-10(9)16)20-13-2-1-8(3-4-19)5-11(13)17/h1-2,5-7H,3-4,19H2. The smallest absolute Gasteiger partial charge is 0.147 e. The van der Waals surface area contributed by atoms with Gasteiger partial charge in [-0.05, 0) is 36.7 Å². The minimum atomic E-state index is 0.363. The number of ether oxygens (including phenoxy) is 1. The van der Waals surface area contributed by atoms with Crippen LogP contribution in [0.3, 0.4) is 0 Å². The van der Waals surface area contributed by atoms with Gasteiger partial charge in [0.05, 0.1) is 20.1 Å². The number of halogens is 4. The summed E-state index contributed by atoms with van der Waals surface area (Å²) in [6.07, 6.45) is 0.757. The Labute approximate surface area is 137 Å². The van der Waals surface area contributed by atoms with Crippen LogP contribution >= 0.6 is 46.4 Å². The second-order valence-corrected chi connectivity index (χ2v) is 5.73. The zero-order valence-electron chi connectivity index (χ0n) is 10.3. The summed E-state index contributed by atoms with van der Waals surface area (Å²) in [7, 11) is 0. The Hall–Kier alpha value is -0.640. The van der Waals surface area contributed by atoms with Crippen LogP contribution in [0.25, 0.3) is 0 Å². The fourth-order valence-corrected chi connectivity index (χ4v) is 2.47. The lowest BCUT2D eigenvalue weighted by Crippen LogP contribution is -2.02. The highest BCUT2D eigenvalue weighted by atomic mass is 35.5. The molecule has 2 aromatic rings. The molecule has 0 bridgehead atoms. The van der Waals surface area contributed by atoms with Gasteiger partial charge < -0.3 is 10.5 Å². The minimum absolute atomic E-state index is 0.363. The van der Waals surface area contributed by atoms with Gasteiger partial charge in [0.25, 0.3) is 0 Å². The third-order valence-electron chi connectivity index (χ3n) is 2.62. The monoisotopic (exact) mass is 349 g/mol. The first-order chi connectivity index (χ1) is 9.51. The molecule has 2 N–H and O–H groups in total. The molecule has 0 unspecified atom stereocenters. The molecule has 0 spiro atoms. The van der Waals surface area contributed by atoms with Crippen molar-refractivity contribution in [3.63, 3.8) is 0 Å². The van der Waals surface area contributed by atoms with Crippen LogP contribution in [0.4, 0.5) is 0 Å². The van der Waals surface area contributed by atoms with Gasteiger partial charge in [0, 0.05) is 6.07 Å². The fraction of sp³-hybridized carbons (Fsp3) is 0.143. The van der Waals surface area contributed by atoms with E-state index in [0.717, 1.165) is 12.0 Å². The third kappa shape index (κ3) is 3.72. The van der Waals surface area contributed by atoms with Crippen molar-refractivity contribution < 1.29 is 4.74 Å². The molecule has 0 radical (unpaired) electrons. The molecule has 2 nitrogen and oxygen atoms in total. The lowest BCUT2D eigenvalue weighted by molar-refractivity contribution is 0.483. The van der Waals surface area contributed by atoms with Gasteiger partial charge in [-0.2, -0.15) is 0 Å². The van der Waals surface area contributed by atoms with Gasteiger partial charge in [-0.25, -0.2) is 0 Å². The van der Waals surface area contributed by atoms with Gasteiger partial charge in [-0.15, -0.1) is 0 Å². The van der Waals surface area contributed by atoms with Crippen LogP contribution < -0.4 is 10.5 Å². The maximum Gasteiger partial charge on any atom is 0.147 e. The Morgan fingerprint density at radius 3 is 2.10 bits per heavy atom. The van der Waals surface area contributed by atoms with Crippen LogP contribution in [0.2, 0.25) is 20.1 Å². The SMILES string of the molecule is NCCc1ccc(Oc2cc(Cl)c(Cl)cc2Cl)c(Cl)c1. The molecule has 0 aliphatic carbocycles. The molecule has 0 heterocycles. The highest BCUT2D eigenvalue weighted by Gasteiger charge is 2.10. The van der Waals surface area contributed by atoms with Crippen molar-refractivity contribution >= 4 is 46.4 Å². The lowest BCUT2D eigenvalue weighted by Gasteiger charge is -2.11. The van der Waals surface area contributed by atoms with Crippen LogP contribution in [0, 0.1) is 0 Å². The van der Waals surface area contributed by atoms with E-state index >= 15 is 0 Å². The van der Waals surface area contributed by atoms with E-state index in [2.05, 4.69) is 0 Å². The summed E-state index contributed by atoms with van der Waals surface area (Å²) in [6.45, 7) is 0.565. The van der Waals surface area contributed by atoms with Crippen LogP contribution in [0.1, 0.15) is 5.56 Å². The summed E-state index contributed by atoms with van der Waals surface area (Å²) in [4.78, 5) is 0. The van der Waals surface area contributed by atoms with Crippen molar-refractivity contribution in [2.24, 2.45) is 5.73 Å². The predicted molar refractivity (Wildman–Crippen MR) is 85.8 cm³/mol. The fourth-order valence-electron chi connectivity index (χ4n) is 1.65. The highest BCUT2D eigenvalue weighted by Crippen LogP contribution is 2.38. The maximum absolute atomic E-state index is 6.17. The normalized spacial score (nSPS) is 10.7. The average Bonchev–Trinajstić information content (AvgIpc) is 2.39. The van der Waals surface area contributed by atoms with Gasteiger partial charge in [0.15, 0.2) is 0 Å². The van der Waals surface area contributed by atoms with Crippen LogP contribution in [0.15, 0.2) is 30.3 Å². The van der Waals surface area contributed by atoms with Crippen molar-refractivity contribution in [1.29, 1.82) is 0 Å². The maximum atomic E-state index is 6.17. The Bertz CT molecular complexity index is 631. The van der Waals surface area contributed by atoms with E-state index in [0.29, 0.717) is 38.1 Å². The Morgan fingerprint density at radius 1 is 0.800 bits per heavy atom. The topological polar surface area (TPSA) is 35.2 Å². The van der Waals surface area contributed by atoms with Gasteiger partial charge in [0.1, 0.15) is 11.5 Å². The van der Waals surface area contributed by atoms with Crippen molar-refractivity contribution in [2.45, 2.75) is 6.42 Å². The summed E-state index contributed by atoms with van der Waals surface area (Å²) in [6, 6.07) is 8.56. The summed E-state index contributed by atoms with van der Waals surface area (Å²) < 4.78 is 5.67. The van der Waals surface area contributed by atoms with E-state index in [1.165, 1.54) is 6.07 Å². The molecular formula is C14H11Cl4NO. The molecule has 0 amide bonds. The Kier molecular flexibility index (Phi) is 5.42. The van der Waals surface area contributed by atoms with E-state index in [-0.39, 0.29) is 0 Å². The zero-order chi connectivity index (χ0) is 14.7. The zero-order valence-corrected chi connectivity index (χ0v) is 13.3. The average molecular weight is 351 g/mol. The largest absolute Gasteiger partial charge is 0.454 e. The molecule has 0 saturated heterocycles. The number of hydrogen-bond acceptors (Lipinski definition) is 2. The summed E-state index contributed by atoms with van der Waals surface area (Å²) in [5.74, 6) is 0.891. The van der Waals surface area contributed by atoms with Crippen molar-refractivity contribution in [3.8, 4) is 11.5 Å².